The summed E-state index contributed by atoms with van der Waals surface area (Å²) in [7, 11) is -1.85. The molecule has 0 radical (unpaired) electrons. The first kappa shape index (κ1) is 22.7. The lowest BCUT2D eigenvalue weighted by molar-refractivity contribution is -0.120. The predicted octanol–water partition coefficient (Wildman–Crippen LogP) is 3.40. The number of benzene rings is 2. The third-order valence-electron chi connectivity index (χ3n) is 6.83. The van der Waals surface area contributed by atoms with Gasteiger partial charge in [-0.3, -0.25) is 13.9 Å². The molecule has 2 aromatic rings. The van der Waals surface area contributed by atoms with Crippen LogP contribution in [0.1, 0.15) is 33.1 Å². The van der Waals surface area contributed by atoms with E-state index >= 15 is 0 Å². The molecule has 1 saturated heterocycles. The van der Waals surface area contributed by atoms with E-state index in [-0.39, 0.29) is 29.5 Å². The Morgan fingerprint density at radius 3 is 2.26 bits per heavy atom. The fraction of sp³-hybridized carbons (Fsp3) is 0.440. The second-order valence-electron chi connectivity index (χ2n) is 9.29. The molecule has 1 atom stereocenters. The molecule has 2 heterocycles. The van der Waals surface area contributed by atoms with Crippen LogP contribution in [0.4, 0.5) is 17.1 Å². The van der Waals surface area contributed by atoms with Gasteiger partial charge in [0.1, 0.15) is 5.75 Å². The van der Waals surface area contributed by atoms with E-state index in [4.69, 9.17) is 4.74 Å². The molecule has 3 aliphatic rings. The smallest absolute Gasteiger partial charge is 0.235 e. The maximum Gasteiger partial charge on any atom is 0.235 e. The molecule has 9 heteroatoms. The van der Waals surface area contributed by atoms with Gasteiger partial charge in [-0.25, -0.2) is 8.42 Å². The summed E-state index contributed by atoms with van der Waals surface area (Å²) >= 11 is 0. The number of carbonyl (C=O) groups excluding carboxylic acids is 2. The zero-order chi connectivity index (χ0) is 24.2. The Bertz CT molecular complexity index is 1270. The van der Waals surface area contributed by atoms with Crippen LogP contribution in [0.2, 0.25) is 0 Å². The monoisotopic (exact) mass is 483 g/mol. The van der Waals surface area contributed by atoms with Crippen LogP contribution in [0, 0.1) is 5.92 Å². The van der Waals surface area contributed by atoms with Crippen LogP contribution in [0.15, 0.2) is 36.4 Å². The van der Waals surface area contributed by atoms with Crippen LogP contribution in [-0.4, -0.2) is 52.2 Å². The number of amides is 2. The van der Waals surface area contributed by atoms with Gasteiger partial charge in [0.25, 0.3) is 0 Å². The van der Waals surface area contributed by atoms with Crippen molar-refractivity contribution in [1.29, 1.82) is 0 Å². The van der Waals surface area contributed by atoms with Crippen molar-refractivity contribution in [2.24, 2.45) is 5.92 Å². The molecule has 8 nitrogen and oxygen atoms in total. The molecular weight excluding hydrogens is 454 g/mol. The Kier molecular flexibility index (Phi) is 5.55. The van der Waals surface area contributed by atoms with E-state index in [1.165, 1.54) is 11.4 Å². The number of rotatable bonds is 4. The molecular formula is C25H29N3O5S. The summed E-state index contributed by atoms with van der Waals surface area (Å²) in [6.07, 6.45) is 2.38. The van der Waals surface area contributed by atoms with Crippen molar-refractivity contribution in [3.8, 4) is 16.9 Å². The molecule has 0 spiro atoms. The number of fused-ring (bicyclic) bond motifs is 1. The Hall–Kier alpha value is -3.07. The number of nitrogens with zero attached hydrogens (tertiary/aromatic N) is 3. The Labute approximate surface area is 200 Å². The number of methoxy groups -OCH3 is 1. The number of anilines is 3. The van der Waals surface area contributed by atoms with E-state index < -0.39 is 10.0 Å². The molecule has 0 unspecified atom stereocenters. The summed E-state index contributed by atoms with van der Waals surface area (Å²) in [5.41, 5.74) is 3.60. The fourth-order valence-corrected chi connectivity index (χ4v) is 6.58. The largest absolute Gasteiger partial charge is 0.495 e. The summed E-state index contributed by atoms with van der Waals surface area (Å²) < 4.78 is 32.0. The van der Waals surface area contributed by atoms with Gasteiger partial charge >= 0.3 is 0 Å². The molecule has 5 rings (SSSR count). The summed E-state index contributed by atoms with van der Waals surface area (Å²) in [6.45, 7) is 4.36. The minimum absolute atomic E-state index is 0.0561. The predicted molar refractivity (Wildman–Crippen MR) is 132 cm³/mol. The molecule has 2 aromatic carbocycles. The molecule has 0 N–H and O–H groups in total. The van der Waals surface area contributed by atoms with Gasteiger partial charge in [-0.2, -0.15) is 0 Å². The second kappa shape index (κ2) is 8.30. The van der Waals surface area contributed by atoms with Gasteiger partial charge in [-0.05, 0) is 61.6 Å². The van der Waals surface area contributed by atoms with E-state index in [1.807, 2.05) is 42.2 Å². The third-order valence-corrected chi connectivity index (χ3v) is 8.68. The van der Waals surface area contributed by atoms with Crippen molar-refractivity contribution in [3.05, 3.63) is 36.4 Å². The highest BCUT2D eigenvalue weighted by Gasteiger charge is 2.40. The molecule has 2 aliphatic heterocycles. The number of hydrogen-bond donors (Lipinski definition) is 0. The van der Waals surface area contributed by atoms with Crippen molar-refractivity contribution >= 4 is 38.9 Å². The van der Waals surface area contributed by atoms with Crippen molar-refractivity contribution in [2.45, 2.75) is 39.2 Å². The first-order valence-corrected chi connectivity index (χ1v) is 13.3. The summed E-state index contributed by atoms with van der Waals surface area (Å²) in [5.74, 6) is 0.712. The molecule has 0 bridgehead atoms. The number of ether oxygens (including phenoxy) is 1. The topological polar surface area (TPSA) is 87.2 Å². The summed E-state index contributed by atoms with van der Waals surface area (Å²) in [5, 5.41) is 0. The van der Waals surface area contributed by atoms with Gasteiger partial charge in [0.15, 0.2) is 0 Å². The van der Waals surface area contributed by atoms with E-state index in [1.54, 1.807) is 17.9 Å². The fourth-order valence-electron chi connectivity index (χ4n) is 5.02. The maximum absolute atomic E-state index is 13.1. The number of carbonyl (C=O) groups is 2. The lowest BCUT2D eigenvalue weighted by Gasteiger charge is -2.41. The first-order valence-electron chi connectivity index (χ1n) is 11.7. The van der Waals surface area contributed by atoms with Gasteiger partial charge in [0.2, 0.25) is 21.8 Å². The van der Waals surface area contributed by atoms with Crippen molar-refractivity contribution < 1.29 is 22.7 Å². The van der Waals surface area contributed by atoms with Crippen LogP contribution in [-0.2, 0) is 19.6 Å². The Balaban J connectivity index is 1.61. The van der Waals surface area contributed by atoms with Crippen LogP contribution in [0.5, 0.6) is 5.75 Å². The lowest BCUT2D eigenvalue weighted by atomic mass is 9.99. The maximum atomic E-state index is 13.1. The van der Waals surface area contributed by atoms with Crippen molar-refractivity contribution in [3.63, 3.8) is 0 Å². The van der Waals surface area contributed by atoms with Crippen LogP contribution in [0.25, 0.3) is 11.1 Å². The second-order valence-corrected chi connectivity index (χ2v) is 11.3. The van der Waals surface area contributed by atoms with Gasteiger partial charge in [0.05, 0.1) is 36.0 Å². The molecule has 0 aromatic heterocycles. The molecule has 2 amide bonds. The average Bonchev–Trinajstić information content (AvgIpc) is 3.59. The van der Waals surface area contributed by atoms with Gasteiger partial charge in [-0.1, -0.05) is 12.1 Å². The zero-order valence-electron chi connectivity index (χ0n) is 19.7. The summed E-state index contributed by atoms with van der Waals surface area (Å²) in [6, 6.07) is 11.1. The van der Waals surface area contributed by atoms with Crippen LogP contribution < -0.4 is 18.8 Å². The van der Waals surface area contributed by atoms with E-state index in [9.17, 15) is 18.0 Å². The first-order chi connectivity index (χ1) is 16.2. The molecule has 2 fully saturated rings. The SMILES string of the molecule is COc1ccc(-c2ccc3c(c2)N(C(=O)C2CC2)C[C@H](C)N3C(C)=O)cc1N1CCCS1(=O)=O. The highest BCUT2D eigenvalue weighted by molar-refractivity contribution is 7.93. The van der Waals surface area contributed by atoms with E-state index in [0.717, 1.165) is 29.7 Å². The zero-order valence-corrected chi connectivity index (χ0v) is 20.5. The lowest BCUT2D eigenvalue weighted by Crippen LogP contribution is -2.51. The average molecular weight is 484 g/mol. The van der Waals surface area contributed by atoms with Gasteiger partial charge in [-0.15, -0.1) is 0 Å². The highest BCUT2D eigenvalue weighted by atomic mass is 32.2. The number of sulfonamides is 1. The van der Waals surface area contributed by atoms with E-state index in [0.29, 0.717) is 36.6 Å². The quantitative estimate of drug-likeness (QED) is 0.665. The van der Waals surface area contributed by atoms with Gasteiger partial charge in [0, 0.05) is 25.9 Å². The summed E-state index contributed by atoms with van der Waals surface area (Å²) in [4.78, 5) is 29.1. The van der Waals surface area contributed by atoms with E-state index in [2.05, 4.69) is 0 Å². The molecule has 1 aliphatic carbocycles. The molecule has 34 heavy (non-hydrogen) atoms. The normalized spacial score (nSPS) is 21.4. The molecule has 180 valence electrons. The highest BCUT2D eigenvalue weighted by Crippen LogP contribution is 2.43. The standard InChI is InChI=1S/C25H29N3O5S/c1-16-15-26(25(30)18-5-6-18)22-13-19(7-9-21(22)28(16)17(2)29)20-8-10-24(33-3)23(14-20)27-11-4-12-34(27,31)32/h7-10,13-14,16,18H,4-6,11-12,15H2,1-3H3/t16-/m0/s1. The minimum Gasteiger partial charge on any atom is -0.495 e. The van der Waals surface area contributed by atoms with Gasteiger partial charge < -0.3 is 14.5 Å². The Morgan fingerprint density at radius 1 is 1.00 bits per heavy atom. The third kappa shape index (κ3) is 3.81. The van der Waals surface area contributed by atoms with Crippen LogP contribution in [0.3, 0.4) is 0 Å². The molecule has 1 saturated carbocycles. The Morgan fingerprint density at radius 2 is 1.68 bits per heavy atom. The van der Waals surface area contributed by atoms with Crippen LogP contribution >= 0.6 is 0 Å². The minimum atomic E-state index is -3.38. The van der Waals surface area contributed by atoms with Crippen molar-refractivity contribution in [2.75, 3.05) is 40.1 Å². The van der Waals surface area contributed by atoms with Crippen molar-refractivity contribution in [1.82, 2.24) is 0 Å². The number of hydrogen-bond acceptors (Lipinski definition) is 5.